The summed E-state index contributed by atoms with van der Waals surface area (Å²) in [5, 5.41) is 3.33. The molecule has 0 bridgehead atoms. The highest BCUT2D eigenvalue weighted by Gasteiger charge is 2.24. The van der Waals surface area contributed by atoms with Crippen molar-refractivity contribution in [1.29, 1.82) is 0 Å². The Balaban J connectivity index is 1.87. The van der Waals surface area contributed by atoms with Gasteiger partial charge in [-0.15, -0.1) is 0 Å². The zero-order valence-electron chi connectivity index (χ0n) is 9.23. The van der Waals surface area contributed by atoms with Gasteiger partial charge in [0.25, 0.3) is 0 Å². The van der Waals surface area contributed by atoms with E-state index in [1.807, 2.05) is 6.07 Å². The molecule has 0 aliphatic heterocycles. The molecule has 0 fully saturated rings. The fourth-order valence-electron chi connectivity index (χ4n) is 2.33. The van der Waals surface area contributed by atoms with E-state index in [1.54, 1.807) is 18.5 Å². The number of benzene rings is 1. The maximum Gasteiger partial charge on any atom is 0.126 e. The summed E-state index contributed by atoms with van der Waals surface area (Å²) >= 11 is 0. The van der Waals surface area contributed by atoms with Crippen LogP contribution in [0, 0.1) is 5.82 Å². The van der Waals surface area contributed by atoms with Gasteiger partial charge < -0.3 is 5.32 Å². The van der Waals surface area contributed by atoms with Crippen LogP contribution >= 0.6 is 0 Å². The smallest absolute Gasteiger partial charge is 0.126 e. The lowest BCUT2D eigenvalue weighted by Crippen LogP contribution is -2.07. The molecule has 1 atom stereocenters. The van der Waals surface area contributed by atoms with Crippen molar-refractivity contribution in [3.05, 3.63) is 53.9 Å². The van der Waals surface area contributed by atoms with E-state index in [-0.39, 0.29) is 11.9 Å². The van der Waals surface area contributed by atoms with Crippen molar-refractivity contribution in [2.75, 3.05) is 5.32 Å². The maximum atomic E-state index is 13.6. The number of nitrogens with zero attached hydrogens (tertiary/aromatic N) is 2. The lowest BCUT2D eigenvalue weighted by molar-refractivity contribution is 0.612. The zero-order valence-corrected chi connectivity index (χ0v) is 9.23. The molecular formula is C13H12FN3. The summed E-state index contributed by atoms with van der Waals surface area (Å²) in [6.45, 7) is 0. The van der Waals surface area contributed by atoms with Crippen molar-refractivity contribution in [1.82, 2.24) is 9.97 Å². The molecule has 2 aromatic rings. The van der Waals surface area contributed by atoms with Gasteiger partial charge in [-0.2, -0.15) is 0 Å². The number of nitrogens with one attached hydrogen (secondary N) is 1. The Hall–Kier alpha value is -1.97. The molecule has 0 amide bonds. The molecule has 86 valence electrons. The van der Waals surface area contributed by atoms with Gasteiger partial charge in [0.1, 0.15) is 12.1 Å². The fourth-order valence-corrected chi connectivity index (χ4v) is 2.33. The molecule has 1 aromatic carbocycles. The van der Waals surface area contributed by atoms with Gasteiger partial charge in [-0.3, -0.25) is 0 Å². The van der Waals surface area contributed by atoms with Crippen molar-refractivity contribution in [3.8, 4) is 0 Å². The third-order valence-electron chi connectivity index (χ3n) is 3.11. The van der Waals surface area contributed by atoms with E-state index in [9.17, 15) is 4.39 Å². The van der Waals surface area contributed by atoms with Crippen molar-refractivity contribution in [2.24, 2.45) is 0 Å². The van der Waals surface area contributed by atoms with Gasteiger partial charge in [-0.1, -0.05) is 12.1 Å². The van der Waals surface area contributed by atoms with E-state index in [1.165, 1.54) is 12.4 Å². The Labute approximate surface area is 98.7 Å². The summed E-state index contributed by atoms with van der Waals surface area (Å²) in [5.41, 5.74) is 2.75. The minimum absolute atomic E-state index is 0.101. The van der Waals surface area contributed by atoms with E-state index in [0.717, 1.165) is 29.7 Å². The molecule has 0 radical (unpaired) electrons. The first-order valence-corrected chi connectivity index (χ1v) is 5.63. The fraction of sp³-hybridized carbons (Fsp3) is 0.231. The number of hydrogen-bond acceptors (Lipinski definition) is 3. The van der Waals surface area contributed by atoms with Crippen LogP contribution in [-0.2, 0) is 6.42 Å². The Kier molecular flexibility index (Phi) is 2.48. The Morgan fingerprint density at radius 1 is 1.24 bits per heavy atom. The summed E-state index contributed by atoms with van der Waals surface area (Å²) in [6.07, 6.45) is 6.64. The molecular weight excluding hydrogens is 217 g/mol. The van der Waals surface area contributed by atoms with Gasteiger partial charge in [0.2, 0.25) is 0 Å². The van der Waals surface area contributed by atoms with Gasteiger partial charge in [0, 0.05) is 0 Å². The second-order valence-electron chi connectivity index (χ2n) is 4.17. The summed E-state index contributed by atoms with van der Waals surface area (Å²) in [4.78, 5) is 7.91. The van der Waals surface area contributed by atoms with E-state index < -0.39 is 0 Å². The molecule has 0 saturated carbocycles. The van der Waals surface area contributed by atoms with Crippen molar-refractivity contribution >= 4 is 5.69 Å². The quantitative estimate of drug-likeness (QED) is 0.860. The molecule has 1 aliphatic carbocycles. The average Bonchev–Trinajstić information content (AvgIpc) is 2.76. The SMILES string of the molecule is Fc1cccc2c1CCC2Nc1cncnc1. The Morgan fingerprint density at radius 2 is 2.06 bits per heavy atom. The highest BCUT2D eigenvalue weighted by molar-refractivity contribution is 5.45. The van der Waals surface area contributed by atoms with E-state index in [2.05, 4.69) is 15.3 Å². The van der Waals surface area contributed by atoms with Crippen LogP contribution < -0.4 is 5.32 Å². The van der Waals surface area contributed by atoms with Gasteiger partial charge in [0.05, 0.1) is 24.1 Å². The largest absolute Gasteiger partial charge is 0.376 e. The molecule has 1 heterocycles. The minimum Gasteiger partial charge on any atom is -0.376 e. The number of rotatable bonds is 2. The van der Waals surface area contributed by atoms with Crippen molar-refractivity contribution in [2.45, 2.75) is 18.9 Å². The first-order chi connectivity index (χ1) is 8.34. The van der Waals surface area contributed by atoms with Crippen LogP contribution in [-0.4, -0.2) is 9.97 Å². The lowest BCUT2D eigenvalue weighted by atomic mass is 10.1. The maximum absolute atomic E-state index is 13.6. The topological polar surface area (TPSA) is 37.8 Å². The molecule has 0 spiro atoms. The predicted molar refractivity (Wildman–Crippen MR) is 63.1 cm³/mol. The van der Waals surface area contributed by atoms with Crippen LogP contribution in [0.4, 0.5) is 10.1 Å². The van der Waals surface area contributed by atoms with Crippen LogP contribution in [0.5, 0.6) is 0 Å². The second-order valence-corrected chi connectivity index (χ2v) is 4.17. The first kappa shape index (κ1) is 10.2. The summed E-state index contributed by atoms with van der Waals surface area (Å²) in [5.74, 6) is -0.101. The molecule has 17 heavy (non-hydrogen) atoms. The second kappa shape index (κ2) is 4.13. The minimum atomic E-state index is -0.101. The molecule has 1 aliphatic rings. The van der Waals surface area contributed by atoms with Gasteiger partial charge >= 0.3 is 0 Å². The van der Waals surface area contributed by atoms with E-state index in [4.69, 9.17) is 0 Å². The summed E-state index contributed by atoms with van der Waals surface area (Å²) in [6, 6.07) is 5.42. The molecule has 1 unspecified atom stereocenters. The van der Waals surface area contributed by atoms with Crippen LogP contribution in [0.2, 0.25) is 0 Å². The van der Waals surface area contributed by atoms with Crippen LogP contribution in [0.1, 0.15) is 23.6 Å². The molecule has 1 N–H and O–H groups in total. The standard InChI is InChI=1S/C13H12FN3/c14-12-3-1-2-11-10(12)4-5-13(11)17-9-6-15-8-16-7-9/h1-3,6-8,13,17H,4-5H2. The zero-order chi connectivity index (χ0) is 11.7. The van der Waals surface area contributed by atoms with Crippen LogP contribution in [0.25, 0.3) is 0 Å². The number of halogens is 1. The van der Waals surface area contributed by atoms with Crippen LogP contribution in [0.3, 0.4) is 0 Å². The lowest BCUT2D eigenvalue weighted by Gasteiger charge is -2.14. The predicted octanol–water partition coefficient (Wildman–Crippen LogP) is 2.72. The van der Waals surface area contributed by atoms with E-state index >= 15 is 0 Å². The normalized spacial score (nSPS) is 17.8. The highest BCUT2D eigenvalue weighted by atomic mass is 19.1. The van der Waals surface area contributed by atoms with Gasteiger partial charge in [0.15, 0.2) is 0 Å². The van der Waals surface area contributed by atoms with Crippen LogP contribution in [0.15, 0.2) is 36.9 Å². The molecule has 1 aromatic heterocycles. The summed E-state index contributed by atoms with van der Waals surface area (Å²) in [7, 11) is 0. The van der Waals surface area contributed by atoms with Crippen molar-refractivity contribution < 1.29 is 4.39 Å². The molecule has 0 saturated heterocycles. The molecule has 3 nitrogen and oxygen atoms in total. The third kappa shape index (κ3) is 1.86. The van der Waals surface area contributed by atoms with Crippen molar-refractivity contribution in [3.63, 3.8) is 0 Å². The van der Waals surface area contributed by atoms with Gasteiger partial charge in [-0.25, -0.2) is 14.4 Å². The Morgan fingerprint density at radius 3 is 2.88 bits per heavy atom. The number of hydrogen-bond donors (Lipinski definition) is 1. The Bertz CT molecular complexity index is 527. The first-order valence-electron chi connectivity index (χ1n) is 5.63. The van der Waals surface area contributed by atoms with Gasteiger partial charge in [-0.05, 0) is 30.0 Å². The molecule has 4 heteroatoms. The number of aromatic nitrogens is 2. The average molecular weight is 229 g/mol. The summed E-state index contributed by atoms with van der Waals surface area (Å²) < 4.78 is 13.6. The third-order valence-corrected chi connectivity index (χ3v) is 3.11. The number of fused-ring (bicyclic) bond motifs is 1. The monoisotopic (exact) mass is 229 g/mol. The number of anilines is 1. The van der Waals surface area contributed by atoms with E-state index in [0.29, 0.717) is 0 Å². The highest BCUT2D eigenvalue weighted by Crippen LogP contribution is 2.34. The molecule has 3 rings (SSSR count).